The van der Waals surface area contributed by atoms with Crippen LogP contribution in [0.4, 0.5) is 4.39 Å². The standard InChI is InChI=1S/C18H21Cl2FN4O3/c1-25-5-12(20)15(24-25)16(27)23-18-7-17(8-18,9-18)22-14(26)6-28-10-2-3-11(19)13(21)4-10/h2-4,12,15,24H,5-9H2,1H3,(H,22,26)(H,23,27). The Balaban J connectivity index is 1.21. The molecule has 0 spiro atoms. The number of rotatable bonds is 6. The lowest BCUT2D eigenvalue weighted by Gasteiger charge is -2.70. The van der Waals surface area contributed by atoms with E-state index in [1.165, 1.54) is 12.1 Å². The molecule has 152 valence electrons. The molecule has 2 bridgehead atoms. The van der Waals surface area contributed by atoms with Gasteiger partial charge in [0.15, 0.2) is 6.61 Å². The van der Waals surface area contributed by atoms with Gasteiger partial charge in [0.25, 0.3) is 5.91 Å². The summed E-state index contributed by atoms with van der Waals surface area (Å²) in [6.45, 7) is 0.387. The highest BCUT2D eigenvalue weighted by atomic mass is 35.5. The predicted molar refractivity (Wildman–Crippen MR) is 102 cm³/mol. The first-order chi connectivity index (χ1) is 13.2. The minimum atomic E-state index is -0.598. The summed E-state index contributed by atoms with van der Waals surface area (Å²) in [6.07, 6.45) is 2.05. The fraction of sp³-hybridized carbons (Fsp3) is 0.556. The van der Waals surface area contributed by atoms with Crippen molar-refractivity contribution >= 4 is 35.0 Å². The van der Waals surface area contributed by atoms with Crippen LogP contribution in [0.3, 0.4) is 0 Å². The quantitative estimate of drug-likeness (QED) is 0.590. The Kier molecular flexibility index (Phi) is 4.94. The summed E-state index contributed by atoms with van der Waals surface area (Å²) in [5.74, 6) is -0.756. The number of benzene rings is 1. The third kappa shape index (κ3) is 3.66. The number of carbonyl (C=O) groups is 2. The number of hydrogen-bond acceptors (Lipinski definition) is 5. The first kappa shape index (κ1) is 19.7. The van der Waals surface area contributed by atoms with Crippen LogP contribution >= 0.6 is 23.2 Å². The molecule has 1 aromatic carbocycles. The zero-order chi connectivity index (χ0) is 20.1. The van der Waals surface area contributed by atoms with Gasteiger partial charge in [0.05, 0.1) is 10.4 Å². The Morgan fingerprint density at radius 3 is 2.61 bits per heavy atom. The van der Waals surface area contributed by atoms with Crippen LogP contribution in [0.5, 0.6) is 5.75 Å². The van der Waals surface area contributed by atoms with Crippen molar-refractivity contribution in [3.05, 3.63) is 29.0 Å². The molecule has 3 saturated carbocycles. The van der Waals surface area contributed by atoms with Gasteiger partial charge in [-0.1, -0.05) is 11.6 Å². The molecular formula is C18H21Cl2FN4O3. The van der Waals surface area contributed by atoms with E-state index >= 15 is 0 Å². The van der Waals surface area contributed by atoms with Crippen LogP contribution in [0.2, 0.25) is 5.02 Å². The third-order valence-corrected chi connectivity index (χ3v) is 6.23. The summed E-state index contributed by atoms with van der Waals surface area (Å²) in [7, 11) is 1.84. The minimum Gasteiger partial charge on any atom is -0.484 e. The molecule has 2 atom stereocenters. The molecule has 4 fully saturated rings. The van der Waals surface area contributed by atoms with E-state index in [0.29, 0.717) is 25.8 Å². The van der Waals surface area contributed by atoms with Crippen LogP contribution in [0.15, 0.2) is 18.2 Å². The number of alkyl halides is 1. The number of amides is 2. The monoisotopic (exact) mass is 430 g/mol. The average molecular weight is 431 g/mol. The molecule has 2 unspecified atom stereocenters. The fourth-order valence-electron chi connectivity index (χ4n) is 4.40. The van der Waals surface area contributed by atoms with E-state index in [1.54, 1.807) is 5.01 Å². The van der Waals surface area contributed by atoms with E-state index in [9.17, 15) is 14.0 Å². The average Bonchev–Trinajstić information content (AvgIpc) is 2.91. The number of carbonyl (C=O) groups excluding carboxylic acids is 2. The summed E-state index contributed by atoms with van der Waals surface area (Å²) in [6, 6.07) is 3.57. The van der Waals surface area contributed by atoms with Crippen LogP contribution in [0.25, 0.3) is 0 Å². The Labute approximate surface area is 171 Å². The van der Waals surface area contributed by atoms with E-state index in [1.807, 2.05) is 7.05 Å². The smallest absolute Gasteiger partial charge is 0.258 e. The maximum absolute atomic E-state index is 13.4. The van der Waals surface area contributed by atoms with E-state index < -0.39 is 11.9 Å². The molecule has 3 aliphatic carbocycles. The molecule has 10 heteroatoms. The maximum atomic E-state index is 13.4. The van der Waals surface area contributed by atoms with Gasteiger partial charge in [0.1, 0.15) is 17.6 Å². The normalized spacial score (nSPS) is 33.6. The molecular weight excluding hydrogens is 410 g/mol. The van der Waals surface area contributed by atoms with Crippen molar-refractivity contribution in [2.24, 2.45) is 0 Å². The molecule has 1 heterocycles. The van der Waals surface area contributed by atoms with E-state index in [0.717, 1.165) is 6.07 Å². The van der Waals surface area contributed by atoms with Crippen molar-refractivity contribution < 1.29 is 18.7 Å². The van der Waals surface area contributed by atoms with Crippen molar-refractivity contribution in [1.82, 2.24) is 21.1 Å². The van der Waals surface area contributed by atoms with Crippen LogP contribution in [0.1, 0.15) is 19.3 Å². The lowest BCUT2D eigenvalue weighted by Crippen LogP contribution is -2.84. The van der Waals surface area contributed by atoms with E-state index in [-0.39, 0.29) is 45.6 Å². The lowest BCUT2D eigenvalue weighted by molar-refractivity contribution is -0.151. The Morgan fingerprint density at radius 2 is 2.00 bits per heavy atom. The molecule has 4 aliphatic rings. The Hall–Kier alpha value is -1.61. The summed E-state index contributed by atoms with van der Waals surface area (Å²) in [5.41, 5.74) is 2.49. The zero-order valence-corrected chi connectivity index (χ0v) is 16.7. The molecule has 0 aromatic heterocycles. The molecule has 5 rings (SSSR count). The highest BCUT2D eigenvalue weighted by Crippen LogP contribution is 2.60. The number of ether oxygens (including phenoxy) is 1. The highest BCUT2D eigenvalue weighted by Gasteiger charge is 2.69. The lowest BCUT2D eigenvalue weighted by atomic mass is 9.44. The molecule has 7 nitrogen and oxygen atoms in total. The van der Waals surface area contributed by atoms with Crippen LogP contribution < -0.4 is 20.8 Å². The van der Waals surface area contributed by atoms with E-state index in [2.05, 4.69) is 16.1 Å². The van der Waals surface area contributed by atoms with Crippen molar-refractivity contribution in [3.8, 4) is 5.75 Å². The molecule has 1 saturated heterocycles. The van der Waals surface area contributed by atoms with Crippen molar-refractivity contribution in [1.29, 1.82) is 0 Å². The van der Waals surface area contributed by atoms with Gasteiger partial charge in [-0.2, -0.15) is 0 Å². The molecule has 28 heavy (non-hydrogen) atoms. The Bertz CT molecular complexity index is 804. The van der Waals surface area contributed by atoms with Gasteiger partial charge in [-0.25, -0.2) is 14.8 Å². The van der Waals surface area contributed by atoms with Gasteiger partial charge in [-0.3, -0.25) is 9.59 Å². The van der Waals surface area contributed by atoms with Crippen LogP contribution in [-0.2, 0) is 9.59 Å². The second-order valence-electron chi connectivity index (χ2n) is 8.00. The number of halogens is 3. The summed E-state index contributed by atoms with van der Waals surface area (Å²) >= 11 is 11.8. The summed E-state index contributed by atoms with van der Waals surface area (Å²) in [5, 5.41) is 7.55. The van der Waals surface area contributed by atoms with Crippen molar-refractivity contribution in [3.63, 3.8) is 0 Å². The van der Waals surface area contributed by atoms with Crippen molar-refractivity contribution in [2.75, 3.05) is 20.2 Å². The number of hydrogen-bond donors (Lipinski definition) is 3. The summed E-state index contributed by atoms with van der Waals surface area (Å²) in [4.78, 5) is 24.6. The van der Waals surface area contributed by atoms with Gasteiger partial charge in [-0.05, 0) is 31.4 Å². The Morgan fingerprint density at radius 1 is 1.32 bits per heavy atom. The third-order valence-electron chi connectivity index (χ3n) is 5.54. The maximum Gasteiger partial charge on any atom is 0.258 e. The number of nitrogens with zero attached hydrogens (tertiary/aromatic N) is 1. The summed E-state index contributed by atoms with van der Waals surface area (Å²) < 4.78 is 18.7. The second-order valence-corrected chi connectivity index (χ2v) is 8.96. The second kappa shape index (κ2) is 7.02. The number of nitrogens with one attached hydrogen (secondary N) is 3. The van der Waals surface area contributed by atoms with Crippen LogP contribution in [0, 0.1) is 5.82 Å². The van der Waals surface area contributed by atoms with Gasteiger partial charge in [-0.15, -0.1) is 11.6 Å². The largest absolute Gasteiger partial charge is 0.484 e. The molecule has 1 aliphatic heterocycles. The van der Waals surface area contributed by atoms with Crippen molar-refractivity contribution in [2.45, 2.75) is 41.8 Å². The molecule has 2 amide bonds. The SMILES string of the molecule is CN1CC(Cl)C(C(=O)NC23CC(NC(=O)COc4ccc(Cl)c(F)c4)(C2)C3)N1. The topological polar surface area (TPSA) is 82.7 Å². The fourth-order valence-corrected chi connectivity index (χ4v) is 4.90. The molecule has 0 radical (unpaired) electrons. The minimum absolute atomic E-state index is 0.00190. The van der Waals surface area contributed by atoms with Gasteiger partial charge >= 0.3 is 0 Å². The number of hydrazine groups is 1. The zero-order valence-electron chi connectivity index (χ0n) is 15.2. The predicted octanol–water partition coefficient (Wildman–Crippen LogP) is 1.19. The molecule has 1 aromatic rings. The van der Waals surface area contributed by atoms with E-state index in [4.69, 9.17) is 27.9 Å². The van der Waals surface area contributed by atoms with Crippen LogP contribution in [-0.4, -0.2) is 59.5 Å². The first-order valence-electron chi connectivity index (χ1n) is 9.02. The van der Waals surface area contributed by atoms with Gasteiger partial charge < -0.3 is 15.4 Å². The highest BCUT2D eigenvalue weighted by molar-refractivity contribution is 6.30. The molecule has 3 N–H and O–H groups in total. The van der Waals surface area contributed by atoms with Gasteiger partial charge in [0.2, 0.25) is 5.91 Å². The van der Waals surface area contributed by atoms with Gasteiger partial charge in [0, 0.05) is 30.7 Å². The first-order valence-corrected chi connectivity index (χ1v) is 9.83.